The van der Waals surface area contributed by atoms with Crippen LogP contribution in [-0.4, -0.2) is 43.5 Å². The van der Waals surface area contributed by atoms with E-state index in [1.165, 1.54) is 0 Å². The maximum Gasteiger partial charge on any atom is 0.321 e. The first-order valence-corrected chi connectivity index (χ1v) is 9.13. The maximum absolute atomic E-state index is 13.1. The van der Waals surface area contributed by atoms with Gasteiger partial charge >= 0.3 is 17.9 Å². The molecule has 0 saturated heterocycles. The SMILES string of the molecule is CCOC(=O)C1CC2CC=CC(C(C(=O)OCC)C(=O)OCC)(C1)C2=O. The van der Waals surface area contributed by atoms with Crippen LogP contribution in [0.25, 0.3) is 0 Å². The van der Waals surface area contributed by atoms with Crippen molar-refractivity contribution < 1.29 is 33.4 Å². The van der Waals surface area contributed by atoms with Crippen LogP contribution in [0.1, 0.15) is 40.0 Å². The minimum atomic E-state index is -1.42. The normalized spacial score (nSPS) is 27.2. The van der Waals surface area contributed by atoms with E-state index in [1.54, 1.807) is 32.9 Å². The summed E-state index contributed by atoms with van der Waals surface area (Å²) in [5.74, 6) is -4.58. The molecule has 0 aromatic rings. The Morgan fingerprint density at radius 1 is 1.08 bits per heavy atom. The van der Waals surface area contributed by atoms with Crippen molar-refractivity contribution in [3.63, 3.8) is 0 Å². The lowest BCUT2D eigenvalue weighted by Gasteiger charge is -2.45. The Hall–Kier alpha value is -2.18. The fraction of sp³-hybridized carbons (Fsp3) is 0.684. The number of allylic oxidation sites excluding steroid dienone is 2. The lowest BCUT2D eigenvalue weighted by molar-refractivity contribution is -0.175. The summed E-state index contributed by atoms with van der Waals surface area (Å²) in [5.41, 5.74) is -1.42. The van der Waals surface area contributed by atoms with Crippen molar-refractivity contribution in [1.29, 1.82) is 0 Å². The van der Waals surface area contributed by atoms with Gasteiger partial charge in [-0.2, -0.15) is 0 Å². The standard InChI is InChI=1S/C19H26O7/c1-4-24-16(21)13-10-12-8-7-9-19(11-13,15(12)20)14(17(22)25-5-2)18(23)26-6-3/h7,9,12-14H,4-6,8,10-11H2,1-3H3. The second-order valence-electron chi connectivity index (χ2n) is 6.57. The predicted octanol–water partition coefficient (Wildman–Crippen LogP) is 1.83. The first-order chi connectivity index (χ1) is 12.4. The molecule has 7 nitrogen and oxygen atoms in total. The summed E-state index contributed by atoms with van der Waals surface area (Å²) >= 11 is 0. The molecule has 0 spiro atoms. The largest absolute Gasteiger partial charge is 0.466 e. The van der Waals surface area contributed by atoms with E-state index in [1.807, 2.05) is 0 Å². The predicted molar refractivity (Wildman–Crippen MR) is 90.8 cm³/mol. The van der Waals surface area contributed by atoms with E-state index in [0.29, 0.717) is 12.8 Å². The third-order valence-electron chi connectivity index (χ3n) is 5.00. The summed E-state index contributed by atoms with van der Waals surface area (Å²) < 4.78 is 15.2. The highest BCUT2D eigenvalue weighted by molar-refractivity contribution is 6.05. The number of hydrogen-bond donors (Lipinski definition) is 0. The third kappa shape index (κ3) is 3.66. The Bertz CT molecular complexity index is 591. The smallest absolute Gasteiger partial charge is 0.321 e. The maximum atomic E-state index is 13.1. The summed E-state index contributed by atoms with van der Waals surface area (Å²) in [7, 11) is 0. The molecule has 0 aliphatic heterocycles. The highest BCUT2D eigenvalue weighted by Gasteiger charge is 2.59. The molecule has 2 aliphatic rings. The Morgan fingerprint density at radius 3 is 2.19 bits per heavy atom. The van der Waals surface area contributed by atoms with E-state index < -0.39 is 41.1 Å². The molecule has 7 heteroatoms. The topological polar surface area (TPSA) is 96.0 Å². The molecule has 0 aromatic heterocycles. The van der Waals surface area contributed by atoms with E-state index >= 15 is 0 Å². The second kappa shape index (κ2) is 8.47. The number of ketones is 1. The van der Waals surface area contributed by atoms with Crippen LogP contribution >= 0.6 is 0 Å². The van der Waals surface area contributed by atoms with Crippen LogP contribution in [0.2, 0.25) is 0 Å². The van der Waals surface area contributed by atoms with Crippen molar-refractivity contribution in [2.45, 2.75) is 40.0 Å². The van der Waals surface area contributed by atoms with Crippen LogP contribution < -0.4 is 0 Å². The zero-order valence-electron chi connectivity index (χ0n) is 15.5. The van der Waals surface area contributed by atoms with E-state index in [0.717, 1.165) is 0 Å². The van der Waals surface area contributed by atoms with Crippen molar-refractivity contribution in [3.8, 4) is 0 Å². The van der Waals surface area contributed by atoms with E-state index in [9.17, 15) is 19.2 Å². The fourth-order valence-electron chi connectivity index (χ4n) is 3.98. The molecule has 2 rings (SSSR count). The van der Waals surface area contributed by atoms with Gasteiger partial charge in [-0.15, -0.1) is 0 Å². The average molecular weight is 366 g/mol. The van der Waals surface area contributed by atoms with Crippen LogP contribution in [0.3, 0.4) is 0 Å². The molecule has 0 aromatic carbocycles. The molecule has 1 saturated carbocycles. The quantitative estimate of drug-likeness (QED) is 0.293. The van der Waals surface area contributed by atoms with Gasteiger partial charge in [-0.1, -0.05) is 12.2 Å². The first-order valence-electron chi connectivity index (χ1n) is 9.13. The summed E-state index contributed by atoms with van der Waals surface area (Å²) in [4.78, 5) is 50.5. The molecular weight excluding hydrogens is 340 g/mol. The number of Topliss-reactive ketones (excluding diaryl/α,β-unsaturated/α-hetero) is 1. The number of hydrogen-bond acceptors (Lipinski definition) is 7. The molecule has 3 unspecified atom stereocenters. The van der Waals surface area contributed by atoms with Gasteiger partial charge in [0.25, 0.3) is 0 Å². The van der Waals surface area contributed by atoms with Crippen LogP contribution in [0.5, 0.6) is 0 Å². The molecule has 0 radical (unpaired) electrons. The molecule has 26 heavy (non-hydrogen) atoms. The number of carbonyl (C=O) groups excluding carboxylic acids is 4. The highest BCUT2D eigenvalue weighted by Crippen LogP contribution is 2.50. The lowest BCUT2D eigenvalue weighted by Crippen LogP contribution is -2.54. The van der Waals surface area contributed by atoms with Crippen molar-refractivity contribution in [2.24, 2.45) is 23.2 Å². The second-order valence-corrected chi connectivity index (χ2v) is 6.57. The van der Waals surface area contributed by atoms with Crippen LogP contribution in [0, 0.1) is 23.2 Å². The average Bonchev–Trinajstić information content (AvgIpc) is 2.56. The van der Waals surface area contributed by atoms with Gasteiger partial charge in [0.05, 0.1) is 31.2 Å². The summed E-state index contributed by atoms with van der Waals surface area (Å²) in [6, 6.07) is 0. The van der Waals surface area contributed by atoms with Crippen molar-refractivity contribution in [2.75, 3.05) is 19.8 Å². The van der Waals surface area contributed by atoms with Crippen LogP contribution in [0.15, 0.2) is 12.2 Å². The van der Waals surface area contributed by atoms with Crippen molar-refractivity contribution in [3.05, 3.63) is 12.2 Å². The van der Waals surface area contributed by atoms with Gasteiger partial charge in [-0.3, -0.25) is 19.2 Å². The van der Waals surface area contributed by atoms with Gasteiger partial charge in [-0.05, 0) is 40.0 Å². The van der Waals surface area contributed by atoms with Crippen molar-refractivity contribution in [1.82, 2.24) is 0 Å². The van der Waals surface area contributed by atoms with Gasteiger partial charge in [-0.25, -0.2) is 0 Å². The third-order valence-corrected chi connectivity index (χ3v) is 5.00. The van der Waals surface area contributed by atoms with Crippen LogP contribution in [0.4, 0.5) is 0 Å². The summed E-state index contributed by atoms with van der Waals surface area (Å²) in [6.45, 7) is 5.35. The molecule has 0 N–H and O–H groups in total. The fourth-order valence-corrected chi connectivity index (χ4v) is 3.98. The minimum absolute atomic E-state index is 0.0416. The molecule has 3 atom stereocenters. The van der Waals surface area contributed by atoms with Gasteiger partial charge in [0.1, 0.15) is 5.78 Å². The number of fused-ring (bicyclic) bond motifs is 2. The number of ether oxygens (including phenoxy) is 3. The number of rotatable bonds is 7. The summed E-state index contributed by atoms with van der Waals surface area (Å²) in [6.07, 6.45) is 4.28. The van der Waals surface area contributed by atoms with Gasteiger partial charge in [0, 0.05) is 5.92 Å². The molecule has 1 fully saturated rings. The van der Waals surface area contributed by atoms with E-state index in [-0.39, 0.29) is 32.0 Å². The van der Waals surface area contributed by atoms with Crippen molar-refractivity contribution >= 4 is 23.7 Å². The molecule has 0 heterocycles. The minimum Gasteiger partial charge on any atom is -0.466 e. The van der Waals surface area contributed by atoms with Crippen LogP contribution in [-0.2, 0) is 33.4 Å². The Labute approximate surface area is 153 Å². The Kier molecular flexibility index (Phi) is 6.56. The zero-order valence-corrected chi connectivity index (χ0v) is 15.5. The molecule has 2 aliphatic carbocycles. The van der Waals surface area contributed by atoms with Gasteiger partial charge in [0.15, 0.2) is 5.92 Å². The molecule has 144 valence electrons. The number of esters is 3. The first kappa shape index (κ1) is 20.1. The van der Waals surface area contributed by atoms with Gasteiger partial charge in [0.2, 0.25) is 0 Å². The Balaban J connectivity index is 2.46. The number of carbonyl (C=O) groups is 4. The molecule has 0 amide bonds. The zero-order chi connectivity index (χ0) is 19.3. The molecular formula is C19H26O7. The monoisotopic (exact) mass is 366 g/mol. The van der Waals surface area contributed by atoms with Gasteiger partial charge < -0.3 is 14.2 Å². The molecule has 2 bridgehead atoms. The van der Waals surface area contributed by atoms with E-state index in [4.69, 9.17) is 14.2 Å². The van der Waals surface area contributed by atoms with E-state index in [2.05, 4.69) is 0 Å². The highest BCUT2D eigenvalue weighted by atomic mass is 16.6. The summed E-state index contributed by atoms with van der Waals surface area (Å²) in [5, 5.41) is 0. The lowest BCUT2D eigenvalue weighted by atomic mass is 9.56. The Morgan fingerprint density at radius 2 is 1.65 bits per heavy atom.